The molecule has 0 saturated heterocycles. The van der Waals surface area contributed by atoms with Crippen LogP contribution < -0.4 is 18.9 Å². The van der Waals surface area contributed by atoms with Crippen molar-refractivity contribution in [3.8, 4) is 17.2 Å². The monoisotopic (exact) mass is 808 g/mol. The molecule has 0 heterocycles. The second kappa shape index (κ2) is 20.7. The Morgan fingerprint density at radius 2 is 1.19 bits per heavy atom. The van der Waals surface area contributed by atoms with Crippen LogP contribution in [0.1, 0.15) is 74.0 Å². The number of anilines is 1. The van der Waals surface area contributed by atoms with Gasteiger partial charge in [0.2, 0.25) is 10.0 Å². The molecule has 0 aliphatic heterocycles. The molecule has 304 valence electrons. The molecule has 0 bridgehead atoms. The highest BCUT2D eigenvalue weighted by molar-refractivity contribution is 7.92. The maximum absolute atomic E-state index is 12.7. The molecule has 57 heavy (non-hydrogen) atoms. The average molecular weight is 809 g/mol. The van der Waals surface area contributed by atoms with Gasteiger partial charge < -0.3 is 18.6 Å². The minimum atomic E-state index is -3.61. The van der Waals surface area contributed by atoms with Gasteiger partial charge in [-0.05, 0) is 95.7 Å². The number of rotatable bonds is 22. The molecule has 10 heteroatoms. The highest BCUT2D eigenvalue weighted by Crippen LogP contribution is 2.38. The van der Waals surface area contributed by atoms with E-state index >= 15 is 0 Å². The summed E-state index contributed by atoms with van der Waals surface area (Å²) in [7, 11) is -2.40. The van der Waals surface area contributed by atoms with Crippen molar-refractivity contribution in [2.45, 2.75) is 83.5 Å². The molecule has 5 aromatic rings. The molecule has 0 spiro atoms. The summed E-state index contributed by atoms with van der Waals surface area (Å²) in [4.78, 5) is 2.53. The van der Waals surface area contributed by atoms with Gasteiger partial charge in [0.05, 0.1) is 32.3 Å². The van der Waals surface area contributed by atoms with E-state index in [4.69, 9.17) is 18.6 Å². The summed E-state index contributed by atoms with van der Waals surface area (Å²) in [5.74, 6) is 2.20. The summed E-state index contributed by atoms with van der Waals surface area (Å²) in [5.41, 5.74) is 5.92. The zero-order valence-corrected chi connectivity index (χ0v) is 36.4. The van der Waals surface area contributed by atoms with Crippen LogP contribution in [0.3, 0.4) is 0 Å². The number of hydrogen-bond donors (Lipinski definition) is 1. The summed E-state index contributed by atoms with van der Waals surface area (Å²) in [6.45, 7) is 10.7. The Morgan fingerprint density at radius 3 is 1.68 bits per heavy atom. The third-order valence-corrected chi connectivity index (χ3v) is 16.3. The van der Waals surface area contributed by atoms with Crippen LogP contribution in [-0.2, 0) is 27.6 Å². The van der Waals surface area contributed by atoms with Crippen molar-refractivity contribution in [1.82, 2.24) is 4.90 Å². The van der Waals surface area contributed by atoms with Gasteiger partial charge in [-0.1, -0.05) is 112 Å². The Morgan fingerprint density at radius 1 is 0.684 bits per heavy atom. The topological polar surface area (TPSA) is 86.3 Å². The van der Waals surface area contributed by atoms with E-state index in [1.165, 1.54) is 22.9 Å². The summed E-state index contributed by atoms with van der Waals surface area (Å²) >= 11 is 0. The minimum Gasteiger partial charge on any atom is -0.497 e. The molecule has 1 N–H and O–H groups in total. The first-order chi connectivity index (χ1) is 27.5. The first-order valence-electron chi connectivity index (χ1n) is 20.0. The van der Waals surface area contributed by atoms with Crippen LogP contribution >= 0.6 is 0 Å². The van der Waals surface area contributed by atoms with Crippen molar-refractivity contribution < 1.29 is 27.1 Å². The van der Waals surface area contributed by atoms with Gasteiger partial charge in [-0.15, -0.1) is 0 Å². The molecule has 5 rings (SSSR count). The molecule has 0 aliphatic rings. The molecule has 8 nitrogen and oxygen atoms in total. The predicted molar refractivity (Wildman–Crippen MR) is 235 cm³/mol. The summed E-state index contributed by atoms with van der Waals surface area (Å²) in [6.07, 6.45) is 1.68. The van der Waals surface area contributed by atoms with Crippen molar-refractivity contribution in [1.29, 1.82) is 0 Å². The number of benzene rings is 5. The van der Waals surface area contributed by atoms with Crippen LogP contribution in [0.15, 0.2) is 127 Å². The van der Waals surface area contributed by atoms with E-state index < -0.39 is 18.3 Å². The van der Waals surface area contributed by atoms with Crippen LogP contribution in [0, 0.1) is 0 Å². The summed E-state index contributed by atoms with van der Waals surface area (Å²) in [6, 6.07) is 46.1. The van der Waals surface area contributed by atoms with E-state index in [0.717, 1.165) is 47.2 Å². The van der Waals surface area contributed by atoms with Crippen LogP contribution in [0.2, 0.25) is 18.1 Å². The van der Waals surface area contributed by atoms with E-state index in [1.807, 2.05) is 78.9 Å². The summed E-state index contributed by atoms with van der Waals surface area (Å²) < 4.78 is 52.9. The molecule has 0 amide bonds. The number of nitrogens with one attached hydrogen (secondary N) is 1. The molecule has 0 aromatic heterocycles. The number of ether oxygens (including phenoxy) is 3. The zero-order valence-electron chi connectivity index (χ0n) is 34.6. The van der Waals surface area contributed by atoms with Gasteiger partial charge in [0.25, 0.3) is 0 Å². The first kappa shape index (κ1) is 43.5. The van der Waals surface area contributed by atoms with Gasteiger partial charge in [0.1, 0.15) is 23.9 Å². The van der Waals surface area contributed by atoms with E-state index in [-0.39, 0.29) is 18.1 Å². The van der Waals surface area contributed by atoms with Crippen molar-refractivity contribution in [2.75, 3.05) is 31.7 Å². The number of hydrogen-bond acceptors (Lipinski definition) is 7. The third kappa shape index (κ3) is 12.4. The number of nitrogens with zero attached hydrogens (tertiary/aromatic N) is 1. The quantitative estimate of drug-likeness (QED) is 0.0697. The van der Waals surface area contributed by atoms with Gasteiger partial charge in [0, 0.05) is 25.0 Å². The molecule has 0 fully saturated rings. The molecule has 0 radical (unpaired) electrons. The van der Waals surface area contributed by atoms with Gasteiger partial charge in [-0.3, -0.25) is 9.62 Å². The molecule has 0 unspecified atom stereocenters. The lowest BCUT2D eigenvalue weighted by Crippen LogP contribution is -2.43. The Kier molecular flexibility index (Phi) is 15.8. The fourth-order valence-electron chi connectivity index (χ4n) is 7.46. The van der Waals surface area contributed by atoms with Gasteiger partial charge in [0.15, 0.2) is 8.32 Å². The molecular weight excluding hydrogens is 749 g/mol. The second-order valence-electron chi connectivity index (χ2n) is 14.9. The Hall–Kier alpha value is -4.61. The highest BCUT2D eigenvalue weighted by atomic mass is 32.2. The van der Waals surface area contributed by atoms with E-state index in [0.29, 0.717) is 31.1 Å². The Labute approximate surface area is 342 Å². The van der Waals surface area contributed by atoms with Crippen LogP contribution in [-0.4, -0.2) is 54.7 Å². The van der Waals surface area contributed by atoms with Crippen LogP contribution in [0.5, 0.6) is 17.2 Å². The average Bonchev–Trinajstić information content (AvgIpc) is 3.24. The normalized spacial score (nSPS) is 13.0. The van der Waals surface area contributed by atoms with Crippen molar-refractivity contribution >= 4 is 24.0 Å². The zero-order chi connectivity index (χ0) is 40.8. The maximum atomic E-state index is 12.7. The maximum Gasteiger partial charge on any atom is 0.229 e. The lowest BCUT2D eigenvalue weighted by atomic mass is 9.85. The first-order valence-corrected chi connectivity index (χ1v) is 24.4. The van der Waals surface area contributed by atoms with E-state index in [9.17, 15) is 8.42 Å². The minimum absolute atomic E-state index is 0.0939. The number of sulfonamides is 1. The van der Waals surface area contributed by atoms with Crippen molar-refractivity contribution in [3.05, 3.63) is 155 Å². The highest BCUT2D eigenvalue weighted by Gasteiger charge is 2.35. The summed E-state index contributed by atoms with van der Waals surface area (Å²) in [5, 5.41) is 0. The van der Waals surface area contributed by atoms with Crippen molar-refractivity contribution in [2.24, 2.45) is 0 Å². The second-order valence-corrected chi connectivity index (χ2v) is 21.3. The largest absolute Gasteiger partial charge is 0.497 e. The van der Waals surface area contributed by atoms with E-state index in [2.05, 4.69) is 85.8 Å². The molecule has 0 aliphatic carbocycles. The van der Waals surface area contributed by atoms with Crippen LogP contribution in [0.4, 0.5) is 5.69 Å². The SMILES string of the molecule is CC[Si](CC)(CC)O[C@@H](CN(Cc1ccccc1)[C@@H](C)CC(c1ccc(OC)cc1)c1ccc(OC)cc1)c1ccc(OCc2ccccc2)c(NS(C)(=O)=O)c1. The smallest absolute Gasteiger partial charge is 0.229 e. The van der Waals surface area contributed by atoms with Gasteiger partial charge >= 0.3 is 0 Å². The third-order valence-electron chi connectivity index (χ3n) is 11.1. The predicted octanol–water partition coefficient (Wildman–Crippen LogP) is 10.8. The number of methoxy groups -OCH3 is 2. The fraction of sp³-hybridized carbons (Fsp3) is 0.362. The lowest BCUT2D eigenvalue weighted by molar-refractivity contribution is 0.0901. The Bertz CT molecular complexity index is 2010. The van der Waals surface area contributed by atoms with E-state index in [1.54, 1.807) is 14.2 Å². The lowest BCUT2D eigenvalue weighted by Gasteiger charge is -2.39. The van der Waals surface area contributed by atoms with Gasteiger partial charge in [-0.25, -0.2) is 8.42 Å². The van der Waals surface area contributed by atoms with Gasteiger partial charge in [-0.2, -0.15) is 0 Å². The molecule has 0 saturated carbocycles. The van der Waals surface area contributed by atoms with Crippen molar-refractivity contribution in [3.63, 3.8) is 0 Å². The molecule has 5 aromatic carbocycles. The fourth-order valence-corrected chi connectivity index (χ4v) is 10.8. The molecule has 2 atom stereocenters. The molecular formula is C47H60N2O6SSi. The standard InChI is InChI=1S/C47H60N2O6SSi/c1-8-57(9-2,10-3)55-47(41-25-30-46(45(32-41)48-56(7,50)51)54-35-38-19-15-12-16-20-38)34-49(33-37-17-13-11-14-18-37)36(4)31-44(39-21-26-42(52-5)27-22-39)40-23-28-43(53-6)29-24-40/h11-30,32,36,44,47-48H,8-10,31,33-35H2,1-7H3/t36-,47-/m0/s1. The van der Waals surface area contributed by atoms with Crippen LogP contribution in [0.25, 0.3) is 0 Å². The Balaban J connectivity index is 1.56.